The Labute approximate surface area is 135 Å². The van der Waals surface area contributed by atoms with Crippen molar-refractivity contribution in [3.05, 3.63) is 54.0 Å². The Balaban J connectivity index is 1.86. The van der Waals surface area contributed by atoms with Crippen LogP contribution in [0.2, 0.25) is 0 Å². The second kappa shape index (κ2) is 8.24. The van der Waals surface area contributed by atoms with Crippen LogP contribution < -0.4 is 9.74 Å². The number of allylic oxidation sites excluding steroid dienone is 3. The Kier molecular flexibility index (Phi) is 6.64. The van der Waals surface area contributed by atoms with Gasteiger partial charge in [0.1, 0.15) is 0 Å². The molecule has 0 saturated heterocycles. The van der Waals surface area contributed by atoms with Crippen molar-refractivity contribution in [3.63, 3.8) is 0 Å². The van der Waals surface area contributed by atoms with Crippen molar-refractivity contribution in [1.29, 1.82) is 0 Å². The van der Waals surface area contributed by atoms with Gasteiger partial charge in [0.15, 0.2) is 0 Å². The average Bonchev–Trinajstić information content (AvgIpc) is 2.53. The quantitative estimate of drug-likeness (QED) is 0.516. The molecule has 0 spiro atoms. The topological polar surface area (TPSA) is 54.6 Å². The third-order valence-corrected chi connectivity index (χ3v) is 16.5. The van der Waals surface area contributed by atoms with Gasteiger partial charge in [-0.3, -0.25) is 0 Å². The Hall–Kier alpha value is -0.271. The first-order chi connectivity index (χ1) is 9.72. The number of pyridine rings is 1. The molecule has 2 rings (SSSR count). The van der Waals surface area contributed by atoms with Crippen molar-refractivity contribution in [2.24, 2.45) is 0 Å². The van der Waals surface area contributed by atoms with Gasteiger partial charge < -0.3 is 0 Å². The van der Waals surface area contributed by atoms with Gasteiger partial charge in [0.05, 0.1) is 0 Å². The summed E-state index contributed by atoms with van der Waals surface area (Å²) in [7, 11) is 0. The van der Waals surface area contributed by atoms with Crippen LogP contribution in [0.25, 0.3) is 0 Å². The Morgan fingerprint density at radius 3 is 2.65 bits per heavy atom. The molecule has 105 valence electrons. The summed E-state index contributed by atoms with van der Waals surface area (Å²) in [6.45, 7) is 0. The fourth-order valence-electron chi connectivity index (χ4n) is 1.94. The fourth-order valence-corrected chi connectivity index (χ4v) is 7.54. The molecule has 0 amide bonds. The van der Waals surface area contributed by atoms with E-state index < -0.39 is 4.64 Å². The van der Waals surface area contributed by atoms with Crippen molar-refractivity contribution >= 4 is 41.2 Å². The van der Waals surface area contributed by atoms with E-state index in [9.17, 15) is 0 Å². The minimum absolute atomic E-state index is 0.465. The maximum atomic E-state index is 4.24. The Morgan fingerprint density at radius 2 is 2.00 bits per heavy atom. The normalized spacial score (nSPS) is 16.8. The van der Waals surface area contributed by atoms with Crippen molar-refractivity contribution in [2.45, 2.75) is 12.8 Å². The summed E-state index contributed by atoms with van der Waals surface area (Å²) in [5.74, 6) is 0. The van der Waals surface area contributed by atoms with Crippen LogP contribution >= 0.6 is 4.64 Å². The number of rotatable bonds is 7. The number of aliphatic imine (C=N–C) groups is 1. The number of hydrogen-bond acceptors (Lipinski definition) is 2. The van der Waals surface area contributed by atoms with Gasteiger partial charge in [0.2, 0.25) is 0 Å². The number of hydrogen-bond donors (Lipinski definition) is 1. The molecule has 1 radical (unpaired) electrons. The van der Waals surface area contributed by atoms with Gasteiger partial charge in [-0.1, -0.05) is 0 Å². The molecule has 1 atom stereocenters. The van der Waals surface area contributed by atoms with E-state index in [0.29, 0.717) is 14.7 Å². The van der Waals surface area contributed by atoms with Crippen molar-refractivity contribution in [2.75, 3.05) is 12.3 Å². The number of aromatic nitrogens is 1. The predicted octanol–water partition coefficient (Wildman–Crippen LogP) is 0.752. The third kappa shape index (κ3) is 5.25. The molecule has 0 saturated carbocycles. The van der Waals surface area contributed by atoms with Crippen molar-refractivity contribution < 1.29 is 4.75 Å². The molecule has 1 aromatic rings. The van der Waals surface area contributed by atoms with Gasteiger partial charge in [0, 0.05) is 0 Å². The molecule has 1 unspecified atom stereocenters. The number of quaternary nitrogens is 1. The van der Waals surface area contributed by atoms with Crippen LogP contribution in [-0.2, 0) is 6.42 Å². The van der Waals surface area contributed by atoms with E-state index >= 15 is 0 Å². The summed E-state index contributed by atoms with van der Waals surface area (Å²) in [6.07, 6.45) is 16.5. The monoisotopic (exact) mass is 420 g/mol. The van der Waals surface area contributed by atoms with Crippen LogP contribution in [0.15, 0.2) is 48.5 Å². The van der Waals surface area contributed by atoms with Crippen molar-refractivity contribution in [1.82, 2.24) is 9.98 Å². The molecule has 0 fully saturated rings. The van der Waals surface area contributed by atoms with Gasteiger partial charge in [-0.05, 0) is 0 Å². The van der Waals surface area contributed by atoms with E-state index in [1.54, 1.807) is 0 Å². The molecule has 0 aliphatic carbocycles. The second-order valence-corrected chi connectivity index (χ2v) is 21.3. The Morgan fingerprint density at radius 1 is 1.25 bits per heavy atom. The molecule has 1 aliphatic rings. The van der Waals surface area contributed by atoms with Crippen LogP contribution in [0.5, 0.6) is 0 Å². The fraction of sp³-hybridized carbons (Fsp3) is 0.286. The third-order valence-electron chi connectivity index (χ3n) is 3.22. The first-order valence-electron chi connectivity index (χ1n) is 6.51. The second-order valence-electron chi connectivity index (χ2n) is 4.60. The van der Waals surface area contributed by atoms with Crippen LogP contribution in [-0.4, -0.2) is 53.8 Å². The van der Waals surface area contributed by atoms with E-state index in [4.69, 9.17) is 0 Å². The van der Waals surface area contributed by atoms with Gasteiger partial charge in [0.25, 0.3) is 0 Å². The summed E-state index contributed by atoms with van der Waals surface area (Å²) >= 11 is 3.99. The van der Waals surface area contributed by atoms with Gasteiger partial charge in [-0.15, -0.1) is 0 Å². The van der Waals surface area contributed by atoms with Gasteiger partial charge in [-0.25, -0.2) is 0 Å². The molecule has 20 heavy (non-hydrogen) atoms. The number of nitrogens with zero attached hydrogens (tertiary/aromatic N) is 2. The molecule has 1 aromatic heterocycles. The summed E-state index contributed by atoms with van der Waals surface area (Å²) in [5.41, 5.74) is 2.76. The molecule has 0 bridgehead atoms. The maximum absolute atomic E-state index is 4.24. The molecule has 2 heterocycles. The molecule has 1 aliphatic heterocycles. The molecule has 6 heteroatoms. The predicted molar refractivity (Wildman–Crippen MR) is 89.0 cm³/mol. The zero-order valence-electron chi connectivity index (χ0n) is 11.3. The van der Waals surface area contributed by atoms with Crippen LogP contribution in [0.1, 0.15) is 12.0 Å². The van der Waals surface area contributed by atoms with E-state index in [-0.39, 0.29) is 0 Å². The van der Waals surface area contributed by atoms with E-state index in [1.807, 2.05) is 24.8 Å². The van der Waals surface area contributed by atoms with Crippen LogP contribution in [0.4, 0.5) is 0 Å². The zero-order valence-corrected chi connectivity index (χ0v) is 15.6. The molecule has 3 nitrogen and oxygen atoms in total. The Bertz CT molecular complexity index is 516. The summed E-state index contributed by atoms with van der Waals surface area (Å²) in [6, 6.07) is 4.23. The average molecular weight is 418 g/mol. The van der Waals surface area contributed by atoms with Gasteiger partial charge >= 0.3 is 135 Å². The summed E-state index contributed by atoms with van der Waals surface area (Å²) in [5, 5.41) is 0. The van der Waals surface area contributed by atoms with E-state index in [1.165, 1.54) is 23.5 Å². The molecular formula is C14H19N3PSe2+2. The first kappa shape index (κ1) is 16.1. The summed E-state index contributed by atoms with van der Waals surface area (Å²) in [4.78, 5) is 8.15. The first-order valence-corrected chi connectivity index (χ1v) is 14.3. The zero-order chi connectivity index (χ0) is 14.3. The van der Waals surface area contributed by atoms with Crippen LogP contribution in [0.3, 0.4) is 0 Å². The van der Waals surface area contributed by atoms with E-state index in [2.05, 4.69) is 54.6 Å². The van der Waals surface area contributed by atoms with Crippen molar-refractivity contribution in [3.8, 4) is 0 Å². The van der Waals surface area contributed by atoms with E-state index in [0.717, 1.165) is 12.8 Å². The summed E-state index contributed by atoms with van der Waals surface area (Å²) < 4.78 is 3.24. The van der Waals surface area contributed by atoms with Crippen LogP contribution in [0, 0.1) is 0 Å². The molecule has 0 aromatic carbocycles. The SMILES string of the molecule is [NH3+][Se][P+]([Se-])(CCC1=CC=[N+]C=C1)CCc1ccncc1. The molecule has 3 N–H and O–H groups in total. The molecular weight excluding hydrogens is 399 g/mol. The van der Waals surface area contributed by atoms with Gasteiger partial charge in [-0.2, -0.15) is 0 Å². The standard InChI is InChI=1S/C14H18N3PSe2/c15-20-18(19,11-5-13-1-7-16-8-2-13)12-6-14-3-9-17-10-4-14/h1-4,7-10H,5-6,11-12,15H2/q+1/p+1. The number of aryl methyl sites for hydroxylation is 1. The minimum atomic E-state index is -0.996.